The van der Waals surface area contributed by atoms with Gasteiger partial charge in [0, 0.05) is 18.8 Å². The lowest BCUT2D eigenvalue weighted by molar-refractivity contribution is -0.122. The second-order valence-corrected chi connectivity index (χ2v) is 8.73. The van der Waals surface area contributed by atoms with Crippen molar-refractivity contribution in [3.05, 3.63) is 54.1 Å². The summed E-state index contributed by atoms with van der Waals surface area (Å²) in [5, 5.41) is 2.75. The molecule has 1 amide bonds. The maximum Gasteiger partial charge on any atom is 0.265 e. The molecule has 3 rings (SSSR count). The van der Waals surface area contributed by atoms with E-state index in [-0.39, 0.29) is 10.8 Å². The number of ether oxygens (including phenoxy) is 2. The fourth-order valence-electron chi connectivity index (χ4n) is 2.95. The van der Waals surface area contributed by atoms with Crippen molar-refractivity contribution in [2.45, 2.75) is 31.3 Å². The summed E-state index contributed by atoms with van der Waals surface area (Å²) in [6.45, 7) is 5.21. The quantitative estimate of drug-likeness (QED) is 0.747. The summed E-state index contributed by atoms with van der Waals surface area (Å²) in [6, 6.07) is 13.8. The average molecular weight is 419 g/mol. The molecular formula is C21H26N2O5S. The Morgan fingerprint density at radius 2 is 1.72 bits per heavy atom. The molecule has 0 saturated carbocycles. The van der Waals surface area contributed by atoms with E-state index in [1.807, 2.05) is 24.3 Å². The van der Waals surface area contributed by atoms with Crippen LogP contribution in [0.2, 0.25) is 0 Å². The lowest BCUT2D eigenvalue weighted by atomic mass is 10.2. The van der Waals surface area contributed by atoms with E-state index in [2.05, 4.69) is 12.2 Å². The van der Waals surface area contributed by atoms with Crippen LogP contribution < -0.4 is 10.1 Å². The molecule has 2 aromatic carbocycles. The summed E-state index contributed by atoms with van der Waals surface area (Å²) in [5.74, 6) is 0.310. The Labute approximate surface area is 171 Å². The van der Waals surface area contributed by atoms with Gasteiger partial charge in [-0.05, 0) is 55.3 Å². The van der Waals surface area contributed by atoms with Gasteiger partial charge in [-0.3, -0.25) is 4.79 Å². The summed E-state index contributed by atoms with van der Waals surface area (Å²) >= 11 is 0. The van der Waals surface area contributed by atoms with Gasteiger partial charge in [0.25, 0.3) is 5.91 Å². The first-order valence-corrected chi connectivity index (χ1v) is 11.1. The fraction of sp³-hybridized carbons (Fsp3) is 0.381. The van der Waals surface area contributed by atoms with Crippen LogP contribution in [0.1, 0.15) is 19.4 Å². The zero-order valence-corrected chi connectivity index (χ0v) is 17.4. The molecule has 1 aliphatic rings. The lowest BCUT2D eigenvalue weighted by Crippen LogP contribution is -2.40. The highest BCUT2D eigenvalue weighted by Crippen LogP contribution is 2.20. The van der Waals surface area contributed by atoms with Crippen molar-refractivity contribution in [3.63, 3.8) is 0 Å². The normalized spacial score (nSPS) is 16.2. The predicted octanol–water partition coefficient (Wildman–Crippen LogP) is 2.68. The molecular weight excluding hydrogens is 392 g/mol. The number of rotatable bonds is 7. The van der Waals surface area contributed by atoms with Gasteiger partial charge >= 0.3 is 0 Å². The number of sulfonamides is 1. The van der Waals surface area contributed by atoms with Crippen LogP contribution in [0, 0.1) is 0 Å². The highest BCUT2D eigenvalue weighted by molar-refractivity contribution is 7.89. The molecule has 2 aromatic rings. The van der Waals surface area contributed by atoms with Crippen LogP contribution in [0.5, 0.6) is 5.75 Å². The monoisotopic (exact) mass is 418 g/mol. The molecule has 0 aliphatic carbocycles. The number of hydrogen-bond donors (Lipinski definition) is 1. The molecule has 7 nitrogen and oxygen atoms in total. The summed E-state index contributed by atoms with van der Waals surface area (Å²) in [6.07, 6.45) is 0.243. The predicted molar refractivity (Wildman–Crippen MR) is 111 cm³/mol. The molecule has 0 aromatic heterocycles. The lowest BCUT2D eigenvalue weighted by Gasteiger charge is -2.26. The number of carbonyl (C=O) groups excluding carboxylic acids is 1. The number of aryl methyl sites for hydroxylation is 1. The molecule has 1 fully saturated rings. The average Bonchev–Trinajstić information content (AvgIpc) is 2.75. The molecule has 156 valence electrons. The molecule has 1 N–H and O–H groups in total. The topological polar surface area (TPSA) is 84.9 Å². The van der Waals surface area contributed by atoms with Crippen molar-refractivity contribution in [1.82, 2.24) is 4.31 Å². The van der Waals surface area contributed by atoms with Gasteiger partial charge in [-0.2, -0.15) is 4.31 Å². The van der Waals surface area contributed by atoms with Gasteiger partial charge in [0.1, 0.15) is 5.75 Å². The van der Waals surface area contributed by atoms with Crippen LogP contribution in [0.4, 0.5) is 5.69 Å². The minimum Gasteiger partial charge on any atom is -0.481 e. The molecule has 29 heavy (non-hydrogen) atoms. The summed E-state index contributed by atoms with van der Waals surface area (Å²) in [4.78, 5) is 12.6. The van der Waals surface area contributed by atoms with Gasteiger partial charge in [-0.15, -0.1) is 0 Å². The van der Waals surface area contributed by atoms with E-state index in [1.54, 1.807) is 19.1 Å². The number of morpholine rings is 1. The molecule has 0 unspecified atom stereocenters. The first-order chi connectivity index (χ1) is 13.9. The smallest absolute Gasteiger partial charge is 0.265 e. The third-order valence-corrected chi connectivity index (χ3v) is 6.66. The number of nitrogens with zero attached hydrogens (tertiary/aromatic N) is 1. The number of hydrogen-bond acceptors (Lipinski definition) is 5. The summed E-state index contributed by atoms with van der Waals surface area (Å²) < 4.78 is 37.6. The van der Waals surface area contributed by atoms with Crippen molar-refractivity contribution in [2.24, 2.45) is 0 Å². The van der Waals surface area contributed by atoms with Crippen LogP contribution >= 0.6 is 0 Å². The van der Waals surface area contributed by atoms with E-state index >= 15 is 0 Å². The van der Waals surface area contributed by atoms with E-state index in [1.165, 1.54) is 22.0 Å². The highest BCUT2D eigenvalue weighted by atomic mass is 32.2. The van der Waals surface area contributed by atoms with Crippen molar-refractivity contribution < 1.29 is 22.7 Å². The molecule has 8 heteroatoms. The van der Waals surface area contributed by atoms with Gasteiger partial charge in [-0.1, -0.05) is 19.1 Å². The van der Waals surface area contributed by atoms with E-state index in [0.717, 1.165) is 6.42 Å². The van der Waals surface area contributed by atoms with E-state index in [4.69, 9.17) is 9.47 Å². The number of nitrogens with one attached hydrogen (secondary N) is 1. The standard InChI is InChI=1S/C21H26N2O5S/c1-3-17-4-8-19(9-5-17)28-16(2)21(24)22-18-6-10-20(11-7-18)29(25,26)23-12-14-27-15-13-23/h4-11,16H,3,12-15H2,1-2H3,(H,22,24)/t16-/m1/s1. The molecule has 1 heterocycles. The van der Waals surface area contributed by atoms with E-state index in [9.17, 15) is 13.2 Å². The van der Waals surface area contributed by atoms with Gasteiger partial charge in [-0.25, -0.2) is 8.42 Å². The Bertz CT molecular complexity index is 921. The second-order valence-electron chi connectivity index (χ2n) is 6.79. The van der Waals surface area contributed by atoms with E-state index < -0.39 is 16.1 Å². The zero-order chi connectivity index (χ0) is 20.9. The molecule has 0 radical (unpaired) electrons. The maximum atomic E-state index is 12.6. The fourth-order valence-corrected chi connectivity index (χ4v) is 4.36. The number of benzene rings is 2. The summed E-state index contributed by atoms with van der Waals surface area (Å²) in [5.41, 5.74) is 1.70. The van der Waals surface area contributed by atoms with Gasteiger partial charge in [0.2, 0.25) is 10.0 Å². The second kappa shape index (κ2) is 9.39. The number of anilines is 1. The zero-order valence-electron chi connectivity index (χ0n) is 16.6. The molecule has 0 bridgehead atoms. The van der Waals surface area contributed by atoms with Crippen molar-refractivity contribution in [1.29, 1.82) is 0 Å². The van der Waals surface area contributed by atoms with Crippen LogP contribution in [-0.4, -0.2) is 51.0 Å². The Morgan fingerprint density at radius 3 is 2.31 bits per heavy atom. The Morgan fingerprint density at radius 1 is 1.10 bits per heavy atom. The Hall–Kier alpha value is -2.42. The summed E-state index contributed by atoms with van der Waals surface area (Å²) in [7, 11) is -3.55. The van der Waals surface area contributed by atoms with Crippen LogP contribution in [0.15, 0.2) is 53.4 Å². The van der Waals surface area contributed by atoms with Crippen molar-refractivity contribution in [3.8, 4) is 5.75 Å². The van der Waals surface area contributed by atoms with Crippen LogP contribution in [-0.2, 0) is 26.0 Å². The van der Waals surface area contributed by atoms with Gasteiger partial charge < -0.3 is 14.8 Å². The largest absolute Gasteiger partial charge is 0.481 e. The molecule has 0 spiro atoms. The van der Waals surface area contributed by atoms with Gasteiger partial charge in [0.15, 0.2) is 6.10 Å². The third kappa shape index (κ3) is 5.35. The third-order valence-electron chi connectivity index (χ3n) is 4.74. The SMILES string of the molecule is CCc1ccc(O[C@H](C)C(=O)Nc2ccc(S(=O)(=O)N3CCOCC3)cc2)cc1. The minimum atomic E-state index is -3.55. The number of carbonyl (C=O) groups is 1. The molecule has 1 aliphatic heterocycles. The number of amides is 1. The Balaban J connectivity index is 1.60. The molecule has 1 saturated heterocycles. The maximum absolute atomic E-state index is 12.6. The van der Waals surface area contributed by atoms with Crippen molar-refractivity contribution in [2.75, 3.05) is 31.6 Å². The minimum absolute atomic E-state index is 0.192. The first-order valence-electron chi connectivity index (χ1n) is 9.64. The highest BCUT2D eigenvalue weighted by Gasteiger charge is 2.26. The van der Waals surface area contributed by atoms with E-state index in [0.29, 0.717) is 37.7 Å². The van der Waals surface area contributed by atoms with Crippen molar-refractivity contribution >= 4 is 21.6 Å². The van der Waals surface area contributed by atoms with Gasteiger partial charge in [0.05, 0.1) is 18.1 Å². The Kier molecular flexibility index (Phi) is 6.89. The molecule has 1 atom stereocenters. The van der Waals surface area contributed by atoms with Crippen LogP contribution in [0.25, 0.3) is 0 Å². The first kappa shape index (κ1) is 21.3. The van der Waals surface area contributed by atoms with Crippen LogP contribution in [0.3, 0.4) is 0 Å².